The molecule has 0 bridgehead atoms. The third kappa shape index (κ3) is 7.78. The molecule has 162 valence electrons. The maximum absolute atomic E-state index is 11.8. The Hall–Kier alpha value is -2.42. The molecular formula is C22H29N3O4S. The predicted molar refractivity (Wildman–Crippen MR) is 120 cm³/mol. The summed E-state index contributed by atoms with van der Waals surface area (Å²) in [6.07, 6.45) is 10.8. The first-order valence-corrected chi connectivity index (χ1v) is 11.6. The van der Waals surface area contributed by atoms with E-state index in [1.807, 2.05) is 18.2 Å². The molecule has 0 saturated carbocycles. The molecule has 1 aliphatic heterocycles. The quantitative estimate of drug-likeness (QED) is 0.443. The van der Waals surface area contributed by atoms with Gasteiger partial charge in [0.25, 0.3) is 5.91 Å². The number of carbonyl (C=O) groups excluding carboxylic acids is 1. The minimum Gasteiger partial charge on any atom is -0.473 e. The average molecular weight is 432 g/mol. The lowest BCUT2D eigenvalue weighted by molar-refractivity contribution is -0.114. The second-order valence-electron chi connectivity index (χ2n) is 7.07. The van der Waals surface area contributed by atoms with Crippen LogP contribution >= 0.6 is 10.8 Å². The van der Waals surface area contributed by atoms with Crippen molar-refractivity contribution in [2.75, 3.05) is 26.2 Å². The first-order chi connectivity index (χ1) is 14.7. The highest BCUT2D eigenvalue weighted by atomic mass is 32.2. The molecule has 1 amide bonds. The van der Waals surface area contributed by atoms with E-state index in [9.17, 15) is 9.35 Å². The van der Waals surface area contributed by atoms with Crippen LogP contribution in [0, 0.1) is 0 Å². The Kier molecular flexibility index (Phi) is 9.14. The van der Waals surface area contributed by atoms with Gasteiger partial charge < -0.3 is 19.0 Å². The summed E-state index contributed by atoms with van der Waals surface area (Å²) in [5.41, 5.74) is 1.10. The van der Waals surface area contributed by atoms with Crippen molar-refractivity contribution < 1.29 is 18.5 Å². The SMILES string of the molecule is O=C(C=S(O)Cc1ccco1)NCC=CCOc1ncccc1CN1CCCCC1. The van der Waals surface area contributed by atoms with E-state index < -0.39 is 10.8 Å². The van der Waals surface area contributed by atoms with Gasteiger partial charge in [0.15, 0.2) is 0 Å². The first-order valence-electron chi connectivity index (χ1n) is 10.2. The van der Waals surface area contributed by atoms with Crippen LogP contribution < -0.4 is 10.1 Å². The van der Waals surface area contributed by atoms with Crippen molar-refractivity contribution in [3.63, 3.8) is 0 Å². The highest BCUT2D eigenvalue weighted by Crippen LogP contribution is 2.19. The van der Waals surface area contributed by atoms with Crippen molar-refractivity contribution in [1.29, 1.82) is 0 Å². The number of ether oxygens (including phenoxy) is 1. The molecule has 0 spiro atoms. The van der Waals surface area contributed by atoms with Crippen LogP contribution in [0.25, 0.3) is 0 Å². The van der Waals surface area contributed by atoms with Crippen LogP contribution in [0.5, 0.6) is 5.88 Å². The van der Waals surface area contributed by atoms with Crippen molar-refractivity contribution in [3.05, 3.63) is 60.2 Å². The number of likely N-dealkylation sites (tertiary alicyclic amines) is 1. The van der Waals surface area contributed by atoms with E-state index in [4.69, 9.17) is 9.15 Å². The van der Waals surface area contributed by atoms with Gasteiger partial charge in [-0.3, -0.25) is 9.69 Å². The Morgan fingerprint density at radius 2 is 2.13 bits per heavy atom. The Bertz CT molecular complexity index is 846. The summed E-state index contributed by atoms with van der Waals surface area (Å²) in [6.45, 7) is 3.86. The van der Waals surface area contributed by atoms with Crippen LogP contribution in [0.1, 0.15) is 30.6 Å². The number of carbonyl (C=O) groups is 1. The van der Waals surface area contributed by atoms with E-state index in [0.717, 1.165) is 25.2 Å². The molecule has 1 atom stereocenters. The van der Waals surface area contributed by atoms with Crippen LogP contribution in [-0.4, -0.2) is 52.0 Å². The van der Waals surface area contributed by atoms with Gasteiger partial charge in [-0.25, -0.2) is 4.98 Å². The van der Waals surface area contributed by atoms with Gasteiger partial charge in [0.05, 0.1) is 17.4 Å². The van der Waals surface area contributed by atoms with Crippen LogP contribution in [0.15, 0.2) is 53.3 Å². The molecular weight excluding hydrogens is 402 g/mol. The first kappa shape index (κ1) is 22.3. The second kappa shape index (κ2) is 12.3. The van der Waals surface area contributed by atoms with E-state index in [1.54, 1.807) is 24.6 Å². The number of piperidine rings is 1. The zero-order chi connectivity index (χ0) is 21.0. The van der Waals surface area contributed by atoms with Crippen molar-refractivity contribution in [3.8, 4) is 5.88 Å². The molecule has 1 fully saturated rings. The van der Waals surface area contributed by atoms with Crippen LogP contribution in [0.4, 0.5) is 0 Å². The number of hydrogen-bond acceptors (Lipinski definition) is 6. The molecule has 0 aromatic carbocycles. The second-order valence-corrected chi connectivity index (χ2v) is 8.40. The minimum atomic E-state index is -1.16. The highest BCUT2D eigenvalue weighted by Gasteiger charge is 2.13. The van der Waals surface area contributed by atoms with Gasteiger partial charge in [-0.05, 0) is 61.0 Å². The van der Waals surface area contributed by atoms with Gasteiger partial charge in [-0.15, -0.1) is 0 Å². The summed E-state index contributed by atoms with van der Waals surface area (Å²) in [6, 6.07) is 7.52. The fourth-order valence-electron chi connectivity index (χ4n) is 3.22. The normalized spacial score (nSPS) is 16.0. The Labute approximate surface area is 179 Å². The summed E-state index contributed by atoms with van der Waals surface area (Å²) in [5, 5.41) is 3.99. The Morgan fingerprint density at radius 3 is 2.93 bits per heavy atom. The summed E-state index contributed by atoms with van der Waals surface area (Å²) in [7, 11) is -1.16. The summed E-state index contributed by atoms with van der Waals surface area (Å²) in [5.74, 6) is 1.29. The van der Waals surface area contributed by atoms with Crippen molar-refractivity contribution >= 4 is 22.0 Å². The smallest absolute Gasteiger partial charge is 0.251 e. The largest absolute Gasteiger partial charge is 0.473 e. The molecule has 2 N–H and O–H groups in total. The third-order valence-electron chi connectivity index (χ3n) is 4.68. The maximum Gasteiger partial charge on any atom is 0.251 e. The lowest BCUT2D eigenvalue weighted by atomic mass is 10.1. The fourth-order valence-corrected chi connectivity index (χ4v) is 4.09. The lowest BCUT2D eigenvalue weighted by Crippen LogP contribution is -2.29. The monoisotopic (exact) mass is 431 g/mol. The molecule has 30 heavy (non-hydrogen) atoms. The summed E-state index contributed by atoms with van der Waals surface area (Å²) >= 11 is 0. The Balaban J connectivity index is 1.37. The van der Waals surface area contributed by atoms with E-state index in [0.29, 0.717) is 30.5 Å². The molecule has 8 heteroatoms. The molecule has 2 aromatic rings. The van der Waals surface area contributed by atoms with E-state index in [2.05, 4.69) is 21.3 Å². The van der Waals surface area contributed by atoms with Gasteiger partial charge in [-0.1, -0.05) is 18.6 Å². The Morgan fingerprint density at radius 1 is 1.27 bits per heavy atom. The highest BCUT2D eigenvalue weighted by molar-refractivity contribution is 8.10. The standard InChI is InChI=1S/C22H29N3O4S/c26-21(18-30(27)17-20-9-7-15-28-20)23-10-2-5-14-29-22-19(8-6-11-24-22)16-25-12-3-1-4-13-25/h2,5-9,11,15,18,27H,1,3-4,10,12-14,16-17H2,(H,23,26). The van der Waals surface area contributed by atoms with E-state index in [1.165, 1.54) is 24.6 Å². The number of rotatable bonds is 10. The van der Waals surface area contributed by atoms with Gasteiger partial charge >= 0.3 is 0 Å². The molecule has 0 aliphatic carbocycles. The van der Waals surface area contributed by atoms with Crippen molar-refractivity contribution in [2.24, 2.45) is 0 Å². The van der Waals surface area contributed by atoms with Gasteiger partial charge in [-0.2, -0.15) is 0 Å². The van der Waals surface area contributed by atoms with E-state index in [-0.39, 0.29) is 5.91 Å². The van der Waals surface area contributed by atoms with Gasteiger partial charge in [0.2, 0.25) is 5.88 Å². The summed E-state index contributed by atoms with van der Waals surface area (Å²) in [4.78, 5) is 18.6. The molecule has 3 heterocycles. The number of aromatic nitrogens is 1. The topological polar surface area (TPSA) is 87.8 Å². The molecule has 1 aliphatic rings. The molecule has 7 nitrogen and oxygen atoms in total. The molecule has 1 unspecified atom stereocenters. The average Bonchev–Trinajstić information content (AvgIpc) is 3.25. The van der Waals surface area contributed by atoms with Crippen LogP contribution in [0.3, 0.4) is 0 Å². The number of pyridine rings is 1. The number of nitrogens with one attached hydrogen (secondary N) is 1. The summed E-state index contributed by atoms with van der Waals surface area (Å²) < 4.78 is 20.9. The predicted octanol–water partition coefficient (Wildman–Crippen LogP) is 3.46. The number of amides is 1. The molecule has 1 saturated heterocycles. The molecule has 0 radical (unpaired) electrons. The van der Waals surface area contributed by atoms with Crippen molar-refractivity contribution in [1.82, 2.24) is 15.2 Å². The third-order valence-corrected chi connectivity index (χ3v) is 5.75. The van der Waals surface area contributed by atoms with Crippen molar-refractivity contribution in [2.45, 2.75) is 31.6 Å². The minimum absolute atomic E-state index is 0.300. The maximum atomic E-state index is 11.8. The van der Waals surface area contributed by atoms with Gasteiger partial charge in [0.1, 0.15) is 12.4 Å². The molecule has 3 rings (SSSR count). The lowest BCUT2D eigenvalue weighted by Gasteiger charge is -2.26. The number of hydrogen-bond donors (Lipinski definition) is 2. The number of nitrogens with zero attached hydrogens (tertiary/aromatic N) is 2. The van der Waals surface area contributed by atoms with Crippen LogP contribution in [-0.2, 0) is 17.1 Å². The van der Waals surface area contributed by atoms with Crippen LogP contribution in [0.2, 0.25) is 0 Å². The van der Waals surface area contributed by atoms with Gasteiger partial charge in [0, 0.05) is 24.8 Å². The van der Waals surface area contributed by atoms with E-state index >= 15 is 0 Å². The zero-order valence-corrected chi connectivity index (χ0v) is 17.9. The zero-order valence-electron chi connectivity index (χ0n) is 17.0. The fraction of sp³-hybridized carbons (Fsp3) is 0.409. The molecule has 2 aromatic heterocycles. The number of furan rings is 1.